The van der Waals surface area contributed by atoms with Gasteiger partial charge in [-0.1, -0.05) is 54.8 Å². The van der Waals surface area contributed by atoms with Gasteiger partial charge in [-0.05, 0) is 48.7 Å². The number of thioether (sulfide) groups is 1. The van der Waals surface area contributed by atoms with Gasteiger partial charge in [0.15, 0.2) is 5.16 Å². The number of amides is 1. The number of fused-ring (bicyclic) bond motifs is 3. The summed E-state index contributed by atoms with van der Waals surface area (Å²) in [5, 5.41) is 13.6. The highest BCUT2D eigenvalue weighted by atomic mass is 35.5. The fourth-order valence-electron chi connectivity index (χ4n) is 4.38. The monoisotopic (exact) mass is 481 g/mol. The van der Waals surface area contributed by atoms with Crippen LogP contribution in [0.25, 0.3) is 16.7 Å². The van der Waals surface area contributed by atoms with Crippen molar-refractivity contribution in [3.63, 3.8) is 0 Å². The van der Waals surface area contributed by atoms with Crippen molar-refractivity contribution in [3.8, 4) is 0 Å². The van der Waals surface area contributed by atoms with Crippen LogP contribution in [0.3, 0.4) is 0 Å². The molecule has 0 radical (unpaired) electrons. The highest BCUT2D eigenvalue weighted by molar-refractivity contribution is 7.98. The Morgan fingerprint density at radius 2 is 1.97 bits per heavy atom. The molecule has 1 amide bonds. The van der Waals surface area contributed by atoms with Crippen molar-refractivity contribution in [1.82, 2.24) is 24.5 Å². The summed E-state index contributed by atoms with van der Waals surface area (Å²) >= 11 is 7.62. The van der Waals surface area contributed by atoms with Gasteiger partial charge in [0.1, 0.15) is 0 Å². The summed E-state index contributed by atoms with van der Waals surface area (Å²) < 4.78 is 3.34. The summed E-state index contributed by atoms with van der Waals surface area (Å²) in [6.45, 7) is 0. The van der Waals surface area contributed by atoms with Gasteiger partial charge in [0, 0.05) is 29.4 Å². The number of aromatic nitrogens is 4. The molecular weight excluding hydrogens is 458 g/mol. The van der Waals surface area contributed by atoms with Crippen LogP contribution < -0.4 is 10.9 Å². The lowest BCUT2D eigenvalue weighted by Gasteiger charge is -2.22. The lowest BCUT2D eigenvalue weighted by molar-refractivity contribution is 0.0928. The number of nitrogens with one attached hydrogen (secondary N) is 1. The molecule has 1 aliphatic carbocycles. The Hall–Kier alpha value is -2.84. The van der Waals surface area contributed by atoms with E-state index in [2.05, 4.69) is 15.5 Å². The summed E-state index contributed by atoms with van der Waals surface area (Å²) in [4.78, 5) is 25.9. The molecule has 7 nitrogen and oxygen atoms in total. The van der Waals surface area contributed by atoms with Crippen LogP contribution in [-0.2, 0) is 12.8 Å². The highest BCUT2D eigenvalue weighted by Gasteiger charge is 2.20. The van der Waals surface area contributed by atoms with E-state index >= 15 is 0 Å². The number of hydrogen-bond acceptors (Lipinski definition) is 5. The molecule has 0 aliphatic heterocycles. The number of benzene rings is 2. The number of rotatable bonds is 5. The molecule has 33 heavy (non-hydrogen) atoms. The van der Waals surface area contributed by atoms with E-state index in [0.717, 1.165) is 31.2 Å². The van der Waals surface area contributed by atoms with E-state index in [-0.39, 0.29) is 17.5 Å². The molecular formula is C24H24ClN5O2S. The second kappa shape index (κ2) is 9.19. The Balaban J connectivity index is 1.53. The minimum Gasteiger partial charge on any atom is -0.349 e. The summed E-state index contributed by atoms with van der Waals surface area (Å²) in [5.41, 5.74) is 2.05. The van der Waals surface area contributed by atoms with E-state index in [1.54, 1.807) is 25.2 Å². The van der Waals surface area contributed by atoms with Crippen LogP contribution in [0.5, 0.6) is 0 Å². The zero-order valence-corrected chi connectivity index (χ0v) is 19.8. The standard InChI is InChI=1S/C24H24ClN5O2S/c1-29-22(32)19-11-10-16(21(31)26-18-8-3-2-4-9-18)13-20(19)30-23(29)27-28-24(30)33-14-15-6-5-7-17(25)12-15/h5-7,10-13,18H,2-4,8-9,14H2,1H3,(H,26,31). The van der Waals surface area contributed by atoms with Gasteiger partial charge in [-0.3, -0.25) is 18.6 Å². The molecule has 9 heteroatoms. The first-order valence-electron chi connectivity index (χ1n) is 11.1. The number of carbonyl (C=O) groups excluding carboxylic acids is 1. The normalized spacial score (nSPS) is 14.7. The van der Waals surface area contributed by atoms with Crippen molar-refractivity contribution in [1.29, 1.82) is 0 Å². The molecule has 0 bridgehead atoms. The van der Waals surface area contributed by atoms with Gasteiger partial charge in [-0.2, -0.15) is 0 Å². The van der Waals surface area contributed by atoms with Gasteiger partial charge in [-0.25, -0.2) is 0 Å². The first-order valence-corrected chi connectivity index (χ1v) is 12.4. The van der Waals surface area contributed by atoms with Crippen LogP contribution in [0.4, 0.5) is 0 Å². The van der Waals surface area contributed by atoms with Crippen molar-refractivity contribution in [3.05, 3.63) is 69.0 Å². The number of aryl methyl sites for hydroxylation is 1. The Morgan fingerprint density at radius 1 is 1.15 bits per heavy atom. The number of nitrogens with zero attached hydrogens (tertiary/aromatic N) is 4. The topological polar surface area (TPSA) is 81.3 Å². The predicted octanol–water partition coefficient (Wildman–Crippen LogP) is 4.59. The third kappa shape index (κ3) is 4.37. The van der Waals surface area contributed by atoms with Crippen LogP contribution in [0.15, 0.2) is 52.4 Å². The van der Waals surface area contributed by atoms with Crippen molar-refractivity contribution in [2.75, 3.05) is 0 Å². The Labute approximate surface area is 200 Å². The Bertz CT molecular complexity index is 1410. The molecule has 170 valence electrons. The van der Waals surface area contributed by atoms with Crippen molar-refractivity contribution < 1.29 is 4.79 Å². The molecule has 4 aromatic rings. The van der Waals surface area contributed by atoms with E-state index in [1.807, 2.05) is 28.7 Å². The highest BCUT2D eigenvalue weighted by Crippen LogP contribution is 2.26. The van der Waals surface area contributed by atoms with Crippen molar-refractivity contribution in [2.45, 2.75) is 49.1 Å². The SMILES string of the molecule is Cn1c(=O)c2ccc(C(=O)NC3CCCCC3)cc2n2c(SCc3cccc(Cl)c3)nnc12. The van der Waals surface area contributed by atoms with Crippen LogP contribution in [0.2, 0.25) is 5.02 Å². The van der Waals surface area contributed by atoms with Gasteiger partial charge in [0.25, 0.3) is 11.5 Å². The smallest absolute Gasteiger partial charge is 0.262 e. The molecule has 2 heterocycles. The molecule has 2 aromatic heterocycles. The molecule has 1 N–H and O–H groups in total. The van der Waals surface area contributed by atoms with Crippen molar-refractivity contribution >= 4 is 46.0 Å². The Kier molecular flexibility index (Phi) is 6.12. The lowest BCUT2D eigenvalue weighted by atomic mass is 9.95. The minimum absolute atomic E-state index is 0.112. The van der Waals surface area contributed by atoms with Gasteiger partial charge in [-0.15, -0.1) is 10.2 Å². The largest absolute Gasteiger partial charge is 0.349 e. The summed E-state index contributed by atoms with van der Waals surface area (Å²) in [5.74, 6) is 0.970. The maximum Gasteiger partial charge on any atom is 0.262 e. The summed E-state index contributed by atoms with van der Waals surface area (Å²) in [6.07, 6.45) is 5.55. The molecule has 0 saturated heterocycles. The molecule has 1 aliphatic rings. The average Bonchev–Trinajstić information content (AvgIpc) is 3.26. The molecule has 1 fully saturated rings. The second-order valence-electron chi connectivity index (χ2n) is 8.44. The van der Waals surface area contributed by atoms with E-state index in [0.29, 0.717) is 38.2 Å². The minimum atomic E-state index is -0.171. The van der Waals surface area contributed by atoms with Crippen LogP contribution in [0, 0.1) is 0 Å². The first kappa shape index (κ1) is 22.0. The fourth-order valence-corrected chi connectivity index (χ4v) is 5.48. The zero-order valence-electron chi connectivity index (χ0n) is 18.3. The third-order valence-electron chi connectivity index (χ3n) is 6.15. The van der Waals surface area contributed by atoms with E-state index in [4.69, 9.17) is 11.6 Å². The van der Waals surface area contributed by atoms with Gasteiger partial charge in [0.2, 0.25) is 5.78 Å². The van der Waals surface area contributed by atoms with Crippen LogP contribution in [-0.4, -0.2) is 31.1 Å². The predicted molar refractivity (Wildman–Crippen MR) is 131 cm³/mol. The van der Waals surface area contributed by atoms with Crippen LogP contribution in [0.1, 0.15) is 48.0 Å². The van der Waals surface area contributed by atoms with E-state index < -0.39 is 0 Å². The number of hydrogen-bond donors (Lipinski definition) is 1. The molecule has 5 rings (SSSR count). The number of halogens is 1. The zero-order chi connectivity index (χ0) is 22.9. The first-order chi connectivity index (χ1) is 16.0. The maximum absolute atomic E-state index is 13.0. The average molecular weight is 482 g/mol. The molecule has 0 spiro atoms. The van der Waals surface area contributed by atoms with Gasteiger partial charge in [0.05, 0.1) is 10.9 Å². The van der Waals surface area contributed by atoms with E-state index in [1.165, 1.54) is 22.7 Å². The summed E-state index contributed by atoms with van der Waals surface area (Å²) in [6, 6.07) is 13.1. The molecule has 0 atom stereocenters. The lowest BCUT2D eigenvalue weighted by Crippen LogP contribution is -2.36. The molecule has 1 saturated carbocycles. The van der Waals surface area contributed by atoms with Crippen LogP contribution >= 0.6 is 23.4 Å². The number of carbonyl (C=O) groups is 1. The third-order valence-corrected chi connectivity index (χ3v) is 7.38. The quantitative estimate of drug-likeness (QED) is 0.422. The van der Waals surface area contributed by atoms with E-state index in [9.17, 15) is 9.59 Å². The van der Waals surface area contributed by atoms with Gasteiger partial charge >= 0.3 is 0 Å². The molecule has 2 aromatic carbocycles. The Morgan fingerprint density at radius 3 is 2.76 bits per heavy atom. The van der Waals surface area contributed by atoms with Gasteiger partial charge < -0.3 is 5.32 Å². The maximum atomic E-state index is 13.0. The second-order valence-corrected chi connectivity index (χ2v) is 9.82. The molecule has 0 unspecified atom stereocenters. The summed E-state index contributed by atoms with van der Waals surface area (Å²) in [7, 11) is 1.68. The fraction of sp³-hybridized carbons (Fsp3) is 0.333. The van der Waals surface area contributed by atoms with Crippen molar-refractivity contribution in [2.24, 2.45) is 7.05 Å².